The highest BCUT2D eigenvalue weighted by Gasteiger charge is 2.10. The molecule has 1 aromatic carbocycles. The molecule has 0 saturated heterocycles. The fourth-order valence-corrected chi connectivity index (χ4v) is 2.01. The lowest BCUT2D eigenvalue weighted by Crippen LogP contribution is -2.11. The molecule has 0 unspecified atom stereocenters. The summed E-state index contributed by atoms with van der Waals surface area (Å²) in [6, 6.07) is 10.7. The van der Waals surface area contributed by atoms with Crippen molar-refractivity contribution in [3.05, 3.63) is 60.4 Å². The summed E-state index contributed by atoms with van der Waals surface area (Å²) < 4.78 is 12.3. The smallest absolute Gasteiger partial charge is 0.338 e. The van der Waals surface area contributed by atoms with Crippen molar-refractivity contribution in [3.8, 4) is 11.3 Å². The molecular formula is C17H16N4O3. The molecule has 0 radical (unpaired) electrons. The quantitative estimate of drug-likeness (QED) is 0.532. The lowest BCUT2D eigenvalue weighted by molar-refractivity contribution is 0.0378. The maximum absolute atomic E-state index is 11.8. The van der Waals surface area contributed by atoms with Crippen molar-refractivity contribution in [3.63, 3.8) is 0 Å². The maximum Gasteiger partial charge on any atom is 0.338 e. The van der Waals surface area contributed by atoms with Crippen LogP contribution in [-0.4, -0.2) is 33.2 Å². The Kier molecular flexibility index (Phi) is 4.51. The summed E-state index contributed by atoms with van der Waals surface area (Å²) in [5.74, 6) is 0.948. The van der Waals surface area contributed by atoms with Gasteiger partial charge in [0.05, 0.1) is 17.9 Å². The average Bonchev–Trinajstić information content (AvgIpc) is 3.24. The highest BCUT2D eigenvalue weighted by molar-refractivity contribution is 5.90. The molecule has 0 saturated carbocycles. The SMILES string of the molecule is CC(C)OC(=O)c1ccc(-c2ccc(/C=N/n3cnnc3)o2)cc1. The fourth-order valence-electron chi connectivity index (χ4n) is 2.01. The minimum Gasteiger partial charge on any atom is -0.459 e. The zero-order valence-electron chi connectivity index (χ0n) is 13.3. The monoisotopic (exact) mass is 324 g/mol. The highest BCUT2D eigenvalue weighted by Crippen LogP contribution is 2.22. The third-order valence-corrected chi connectivity index (χ3v) is 3.10. The van der Waals surface area contributed by atoms with Crippen molar-refractivity contribution in [1.82, 2.24) is 14.9 Å². The van der Waals surface area contributed by atoms with Gasteiger partial charge in [0.15, 0.2) is 0 Å². The van der Waals surface area contributed by atoms with E-state index >= 15 is 0 Å². The molecule has 2 aromatic heterocycles. The van der Waals surface area contributed by atoms with Crippen LogP contribution >= 0.6 is 0 Å². The van der Waals surface area contributed by atoms with Gasteiger partial charge in [-0.3, -0.25) is 0 Å². The maximum atomic E-state index is 11.8. The first-order valence-corrected chi connectivity index (χ1v) is 7.42. The average molecular weight is 324 g/mol. The summed E-state index contributed by atoms with van der Waals surface area (Å²) in [4.78, 5) is 11.8. The first-order chi connectivity index (χ1) is 11.6. The number of hydrogen-bond acceptors (Lipinski definition) is 6. The Bertz CT molecular complexity index is 833. The van der Waals surface area contributed by atoms with Gasteiger partial charge in [-0.1, -0.05) is 12.1 Å². The van der Waals surface area contributed by atoms with Crippen molar-refractivity contribution < 1.29 is 13.9 Å². The van der Waals surface area contributed by atoms with Gasteiger partial charge >= 0.3 is 5.97 Å². The van der Waals surface area contributed by atoms with E-state index in [9.17, 15) is 4.79 Å². The predicted octanol–water partition coefficient (Wildman–Crippen LogP) is 2.99. The van der Waals surface area contributed by atoms with Crippen LogP contribution in [0.15, 0.2) is 58.6 Å². The number of hydrogen-bond donors (Lipinski definition) is 0. The zero-order chi connectivity index (χ0) is 16.9. The molecular weight excluding hydrogens is 308 g/mol. The molecule has 0 amide bonds. The Labute approximate surface area is 138 Å². The van der Waals surface area contributed by atoms with Gasteiger partial charge in [0.2, 0.25) is 0 Å². The number of benzene rings is 1. The van der Waals surface area contributed by atoms with Gasteiger partial charge in [0.25, 0.3) is 0 Å². The lowest BCUT2D eigenvalue weighted by atomic mass is 10.1. The van der Waals surface area contributed by atoms with Crippen LogP contribution in [0.5, 0.6) is 0 Å². The minimum absolute atomic E-state index is 0.144. The number of carbonyl (C=O) groups excluding carboxylic acids is 1. The predicted molar refractivity (Wildman–Crippen MR) is 87.7 cm³/mol. The second-order valence-electron chi connectivity index (χ2n) is 5.32. The first-order valence-electron chi connectivity index (χ1n) is 7.42. The molecule has 3 aromatic rings. The number of carbonyl (C=O) groups is 1. The van der Waals surface area contributed by atoms with Gasteiger partial charge in [0.1, 0.15) is 24.2 Å². The van der Waals surface area contributed by atoms with Crippen LogP contribution in [0.1, 0.15) is 30.0 Å². The topological polar surface area (TPSA) is 82.5 Å². The Hall–Kier alpha value is -3.22. The van der Waals surface area contributed by atoms with E-state index in [-0.39, 0.29) is 12.1 Å². The van der Waals surface area contributed by atoms with Crippen LogP contribution in [0.2, 0.25) is 0 Å². The van der Waals surface area contributed by atoms with Crippen LogP contribution in [-0.2, 0) is 4.74 Å². The van der Waals surface area contributed by atoms with Crippen molar-refractivity contribution >= 4 is 12.2 Å². The Balaban J connectivity index is 1.72. The zero-order valence-corrected chi connectivity index (χ0v) is 13.3. The van der Waals surface area contributed by atoms with Gasteiger partial charge in [-0.2, -0.15) is 5.10 Å². The lowest BCUT2D eigenvalue weighted by Gasteiger charge is -2.07. The Morgan fingerprint density at radius 2 is 1.88 bits per heavy atom. The summed E-state index contributed by atoms with van der Waals surface area (Å²) in [6.07, 6.45) is 4.39. The van der Waals surface area contributed by atoms with Crippen LogP contribution in [0, 0.1) is 0 Å². The number of aromatic nitrogens is 3. The van der Waals surface area contributed by atoms with Crippen LogP contribution in [0.4, 0.5) is 0 Å². The summed E-state index contributed by atoms with van der Waals surface area (Å²) in [5, 5.41) is 11.4. The molecule has 2 heterocycles. The van der Waals surface area contributed by atoms with Gasteiger partial charge in [-0.25, -0.2) is 9.47 Å². The molecule has 0 aliphatic carbocycles. The third kappa shape index (κ3) is 3.75. The normalized spacial score (nSPS) is 11.3. The molecule has 0 fully saturated rings. The molecule has 0 bridgehead atoms. The first kappa shape index (κ1) is 15.7. The van der Waals surface area contributed by atoms with E-state index in [0.29, 0.717) is 17.1 Å². The number of esters is 1. The highest BCUT2D eigenvalue weighted by atomic mass is 16.5. The van der Waals surface area contributed by atoms with Gasteiger partial charge < -0.3 is 9.15 Å². The van der Waals surface area contributed by atoms with Crippen molar-refractivity contribution in [1.29, 1.82) is 0 Å². The molecule has 122 valence electrons. The summed E-state index contributed by atoms with van der Waals surface area (Å²) >= 11 is 0. The number of nitrogens with zero attached hydrogens (tertiary/aromatic N) is 4. The van der Waals surface area contributed by atoms with Gasteiger partial charge in [0, 0.05) is 5.56 Å². The van der Waals surface area contributed by atoms with Crippen molar-refractivity contribution in [2.45, 2.75) is 20.0 Å². The molecule has 0 atom stereocenters. The number of rotatable bonds is 5. The molecule has 7 nitrogen and oxygen atoms in total. The molecule has 24 heavy (non-hydrogen) atoms. The van der Waals surface area contributed by atoms with Crippen LogP contribution < -0.4 is 0 Å². The second-order valence-corrected chi connectivity index (χ2v) is 5.32. The standard InChI is InChI=1S/C17H16N4O3/c1-12(2)23-17(22)14-5-3-13(4-6-14)16-8-7-15(24-16)9-20-21-10-18-19-11-21/h3-12H,1-2H3/b20-9+. The largest absolute Gasteiger partial charge is 0.459 e. The van der Waals surface area contributed by atoms with E-state index in [2.05, 4.69) is 15.3 Å². The number of furan rings is 1. The van der Waals surface area contributed by atoms with E-state index in [1.165, 1.54) is 17.3 Å². The van der Waals surface area contributed by atoms with E-state index in [1.807, 2.05) is 38.1 Å². The van der Waals surface area contributed by atoms with Crippen molar-refractivity contribution in [2.24, 2.45) is 5.10 Å². The Morgan fingerprint density at radius 3 is 2.54 bits per heavy atom. The molecule has 0 spiro atoms. The fraction of sp³-hybridized carbons (Fsp3) is 0.176. The van der Waals surface area contributed by atoms with Crippen molar-refractivity contribution in [2.75, 3.05) is 0 Å². The van der Waals surface area contributed by atoms with E-state index < -0.39 is 0 Å². The molecule has 3 rings (SSSR count). The summed E-state index contributed by atoms with van der Waals surface area (Å²) in [6.45, 7) is 3.64. The second kappa shape index (κ2) is 6.91. The molecule has 0 aliphatic rings. The molecule has 0 aliphatic heterocycles. The summed E-state index contributed by atoms with van der Waals surface area (Å²) in [5.41, 5.74) is 1.37. The van der Waals surface area contributed by atoms with Crippen LogP contribution in [0.25, 0.3) is 11.3 Å². The van der Waals surface area contributed by atoms with E-state index in [1.54, 1.807) is 18.3 Å². The number of ether oxygens (including phenoxy) is 1. The Morgan fingerprint density at radius 1 is 1.17 bits per heavy atom. The summed E-state index contributed by atoms with van der Waals surface area (Å²) in [7, 11) is 0. The molecule has 7 heteroatoms. The molecule has 0 N–H and O–H groups in total. The minimum atomic E-state index is -0.335. The van der Waals surface area contributed by atoms with Crippen LogP contribution in [0.3, 0.4) is 0 Å². The van der Waals surface area contributed by atoms with E-state index in [0.717, 1.165) is 5.56 Å². The third-order valence-electron chi connectivity index (χ3n) is 3.10. The van der Waals surface area contributed by atoms with E-state index in [4.69, 9.17) is 9.15 Å². The van der Waals surface area contributed by atoms with Gasteiger partial charge in [-0.15, -0.1) is 10.2 Å². The van der Waals surface area contributed by atoms with Gasteiger partial charge in [-0.05, 0) is 38.1 Å².